The molecule has 0 spiro atoms. The fourth-order valence-corrected chi connectivity index (χ4v) is 3.30. The lowest BCUT2D eigenvalue weighted by Crippen LogP contribution is -2.41. The fourth-order valence-electron chi connectivity index (χ4n) is 1.88. The number of rotatable bonds is 4. The van der Waals surface area contributed by atoms with Crippen molar-refractivity contribution in [3.05, 3.63) is 36.0 Å². The maximum Gasteiger partial charge on any atom is 0.241 e. The molecule has 1 aromatic carbocycles. The summed E-state index contributed by atoms with van der Waals surface area (Å²) in [4.78, 5) is 4.35. The summed E-state index contributed by atoms with van der Waals surface area (Å²) in [5.74, 6) is -0.233. The average molecular weight is 292 g/mol. The Labute approximate surface area is 117 Å². The van der Waals surface area contributed by atoms with Gasteiger partial charge in [0.15, 0.2) is 0 Å². The van der Waals surface area contributed by atoms with E-state index < -0.39 is 16.1 Å². The standard InChI is InChI=1S/C13H16N4O2S/c1-8-5-6-11(10-4-3-7-16-12(8)10)20(18,19)17-9(2)13(14)15/h3-7,9,17H,1-2H3,(H3,14,15). The van der Waals surface area contributed by atoms with Crippen molar-refractivity contribution in [3.8, 4) is 0 Å². The quantitative estimate of drug-likeness (QED) is 0.580. The number of nitrogens with one attached hydrogen (secondary N) is 2. The molecule has 106 valence electrons. The molecule has 4 N–H and O–H groups in total. The Morgan fingerprint density at radius 1 is 1.40 bits per heavy atom. The van der Waals surface area contributed by atoms with E-state index in [9.17, 15) is 8.42 Å². The lowest BCUT2D eigenvalue weighted by molar-refractivity contribution is 0.579. The topological polar surface area (TPSA) is 109 Å². The van der Waals surface area contributed by atoms with Gasteiger partial charge < -0.3 is 5.73 Å². The van der Waals surface area contributed by atoms with Gasteiger partial charge in [-0.2, -0.15) is 0 Å². The average Bonchev–Trinajstić information content (AvgIpc) is 2.38. The Morgan fingerprint density at radius 3 is 2.75 bits per heavy atom. The number of nitrogens with two attached hydrogens (primary N) is 1. The second-order valence-electron chi connectivity index (χ2n) is 4.58. The van der Waals surface area contributed by atoms with Gasteiger partial charge in [0.2, 0.25) is 10.0 Å². The first-order valence-electron chi connectivity index (χ1n) is 6.03. The Kier molecular flexibility index (Phi) is 3.74. The summed E-state index contributed by atoms with van der Waals surface area (Å²) in [7, 11) is -3.76. The molecule has 0 aliphatic heterocycles. The van der Waals surface area contributed by atoms with E-state index in [1.54, 1.807) is 24.4 Å². The number of amidine groups is 1. The first kappa shape index (κ1) is 14.4. The molecule has 0 amide bonds. The van der Waals surface area contributed by atoms with E-state index in [1.165, 1.54) is 13.0 Å². The van der Waals surface area contributed by atoms with Crippen LogP contribution in [0.15, 0.2) is 35.4 Å². The highest BCUT2D eigenvalue weighted by molar-refractivity contribution is 7.89. The van der Waals surface area contributed by atoms with Crippen LogP contribution in [0.2, 0.25) is 0 Å². The summed E-state index contributed by atoms with van der Waals surface area (Å²) in [6.07, 6.45) is 1.62. The van der Waals surface area contributed by atoms with Crippen molar-refractivity contribution in [1.29, 1.82) is 5.41 Å². The maximum atomic E-state index is 12.4. The fraction of sp³-hybridized carbons (Fsp3) is 0.231. The van der Waals surface area contributed by atoms with E-state index in [0.29, 0.717) is 10.9 Å². The summed E-state index contributed by atoms with van der Waals surface area (Å²) in [6.45, 7) is 3.39. The van der Waals surface area contributed by atoms with Gasteiger partial charge in [-0.3, -0.25) is 10.4 Å². The summed E-state index contributed by atoms with van der Waals surface area (Å²) >= 11 is 0. The number of benzene rings is 1. The third-order valence-electron chi connectivity index (χ3n) is 3.02. The molecule has 0 radical (unpaired) electrons. The predicted octanol–water partition coefficient (Wildman–Crippen LogP) is 1.15. The summed E-state index contributed by atoms with van der Waals surface area (Å²) < 4.78 is 27.1. The van der Waals surface area contributed by atoms with Crippen molar-refractivity contribution in [2.75, 3.05) is 0 Å². The van der Waals surface area contributed by atoms with E-state index >= 15 is 0 Å². The SMILES string of the molecule is Cc1ccc(S(=O)(=O)NC(C)C(=N)N)c2cccnc12. The number of pyridine rings is 1. The van der Waals surface area contributed by atoms with Crippen molar-refractivity contribution >= 4 is 26.8 Å². The van der Waals surface area contributed by atoms with Gasteiger partial charge in [0.1, 0.15) is 5.84 Å². The summed E-state index contributed by atoms with van der Waals surface area (Å²) in [5.41, 5.74) is 6.85. The minimum absolute atomic E-state index is 0.138. The first-order chi connectivity index (χ1) is 9.33. The molecule has 0 bridgehead atoms. The van der Waals surface area contributed by atoms with E-state index in [1.807, 2.05) is 6.92 Å². The van der Waals surface area contributed by atoms with Crippen LogP contribution in [0.5, 0.6) is 0 Å². The molecule has 0 saturated carbocycles. The van der Waals surface area contributed by atoms with Gasteiger partial charge in [0, 0.05) is 11.6 Å². The van der Waals surface area contributed by atoms with E-state index in [0.717, 1.165) is 5.56 Å². The monoisotopic (exact) mass is 292 g/mol. The van der Waals surface area contributed by atoms with Crippen LogP contribution in [0.4, 0.5) is 0 Å². The molecule has 1 unspecified atom stereocenters. The number of hydrogen-bond donors (Lipinski definition) is 3. The molecule has 0 saturated heterocycles. The Bertz CT molecular complexity index is 771. The molecule has 1 heterocycles. The highest BCUT2D eigenvalue weighted by atomic mass is 32.2. The first-order valence-corrected chi connectivity index (χ1v) is 7.52. The zero-order valence-corrected chi connectivity index (χ0v) is 12.0. The molecule has 0 fully saturated rings. The lowest BCUT2D eigenvalue weighted by Gasteiger charge is -2.14. The van der Waals surface area contributed by atoms with E-state index in [4.69, 9.17) is 11.1 Å². The highest BCUT2D eigenvalue weighted by Gasteiger charge is 2.21. The van der Waals surface area contributed by atoms with Crippen LogP contribution in [0.1, 0.15) is 12.5 Å². The van der Waals surface area contributed by atoms with Crippen molar-refractivity contribution in [2.45, 2.75) is 24.8 Å². The minimum Gasteiger partial charge on any atom is -0.386 e. The van der Waals surface area contributed by atoms with Crippen molar-refractivity contribution in [1.82, 2.24) is 9.71 Å². The third kappa shape index (κ3) is 2.63. The van der Waals surface area contributed by atoms with Gasteiger partial charge >= 0.3 is 0 Å². The molecule has 1 atom stereocenters. The molecule has 1 aromatic heterocycles. The number of fused-ring (bicyclic) bond motifs is 1. The van der Waals surface area contributed by atoms with Crippen LogP contribution in [-0.4, -0.2) is 25.3 Å². The summed E-state index contributed by atoms with van der Waals surface area (Å²) in [5, 5.41) is 7.83. The molecule has 6 nitrogen and oxygen atoms in total. The van der Waals surface area contributed by atoms with Gasteiger partial charge in [-0.25, -0.2) is 13.1 Å². The number of hydrogen-bond acceptors (Lipinski definition) is 4. The van der Waals surface area contributed by atoms with Crippen LogP contribution in [0.3, 0.4) is 0 Å². The highest BCUT2D eigenvalue weighted by Crippen LogP contribution is 2.24. The number of aromatic nitrogens is 1. The molecule has 2 rings (SSSR count). The smallest absolute Gasteiger partial charge is 0.241 e. The normalized spacial score (nSPS) is 13.3. The number of nitrogens with zero attached hydrogens (tertiary/aromatic N) is 1. The van der Waals surface area contributed by atoms with Crippen molar-refractivity contribution in [3.63, 3.8) is 0 Å². The van der Waals surface area contributed by atoms with E-state index in [-0.39, 0.29) is 10.7 Å². The zero-order chi connectivity index (χ0) is 14.9. The molecular formula is C13H16N4O2S. The maximum absolute atomic E-state index is 12.4. The molecule has 20 heavy (non-hydrogen) atoms. The number of aryl methyl sites for hydroxylation is 1. The van der Waals surface area contributed by atoms with Gasteiger partial charge in [-0.15, -0.1) is 0 Å². The molecular weight excluding hydrogens is 276 g/mol. The van der Waals surface area contributed by atoms with E-state index in [2.05, 4.69) is 9.71 Å². The lowest BCUT2D eigenvalue weighted by atomic mass is 10.1. The Hall–Kier alpha value is -1.99. The molecule has 0 aliphatic rings. The van der Waals surface area contributed by atoms with Gasteiger partial charge in [-0.05, 0) is 37.6 Å². The van der Waals surface area contributed by atoms with Gasteiger partial charge in [0.25, 0.3) is 0 Å². The van der Waals surface area contributed by atoms with Crippen LogP contribution in [0.25, 0.3) is 10.9 Å². The molecule has 2 aromatic rings. The van der Waals surface area contributed by atoms with Crippen LogP contribution in [-0.2, 0) is 10.0 Å². The second kappa shape index (κ2) is 5.18. The number of sulfonamides is 1. The van der Waals surface area contributed by atoms with Crippen molar-refractivity contribution in [2.24, 2.45) is 5.73 Å². The second-order valence-corrected chi connectivity index (χ2v) is 6.26. The van der Waals surface area contributed by atoms with Crippen LogP contribution < -0.4 is 10.5 Å². The Balaban J connectivity index is 2.58. The zero-order valence-electron chi connectivity index (χ0n) is 11.2. The Morgan fingerprint density at radius 2 is 2.10 bits per heavy atom. The third-order valence-corrected chi connectivity index (χ3v) is 4.62. The van der Waals surface area contributed by atoms with Crippen LogP contribution >= 0.6 is 0 Å². The van der Waals surface area contributed by atoms with Crippen LogP contribution in [0, 0.1) is 12.3 Å². The minimum atomic E-state index is -3.76. The molecule has 7 heteroatoms. The largest absolute Gasteiger partial charge is 0.386 e. The van der Waals surface area contributed by atoms with Gasteiger partial charge in [0.05, 0.1) is 16.5 Å². The molecule has 0 aliphatic carbocycles. The van der Waals surface area contributed by atoms with Crippen molar-refractivity contribution < 1.29 is 8.42 Å². The summed E-state index contributed by atoms with van der Waals surface area (Å²) in [6, 6.07) is 5.89. The predicted molar refractivity (Wildman–Crippen MR) is 78.2 cm³/mol. The van der Waals surface area contributed by atoms with Gasteiger partial charge in [-0.1, -0.05) is 6.07 Å².